The molecule has 1 N–H and O–H groups in total. The van der Waals surface area contributed by atoms with Gasteiger partial charge >= 0.3 is 0 Å². The Labute approximate surface area is 168 Å². The van der Waals surface area contributed by atoms with Crippen molar-refractivity contribution in [3.8, 4) is 0 Å². The van der Waals surface area contributed by atoms with Crippen molar-refractivity contribution in [2.24, 2.45) is 11.3 Å². The molecule has 0 aliphatic heterocycles. The van der Waals surface area contributed by atoms with Gasteiger partial charge < -0.3 is 15.1 Å². The maximum absolute atomic E-state index is 12.8. The molecule has 0 spiro atoms. The number of hydrogen-bond donors (Lipinski definition) is 1. The molecule has 1 unspecified atom stereocenters. The first-order chi connectivity index (χ1) is 12.4. The van der Waals surface area contributed by atoms with Gasteiger partial charge in [-0.15, -0.1) is 11.3 Å². The zero-order valence-electron chi connectivity index (χ0n) is 18.2. The first kappa shape index (κ1) is 23.6. The number of amides is 2. The Morgan fingerprint density at radius 3 is 2.30 bits per heavy atom. The summed E-state index contributed by atoms with van der Waals surface area (Å²) in [6.07, 6.45) is 1.44. The Hall–Kier alpha value is -1.47. The normalized spacial score (nSPS) is 12.9. The maximum atomic E-state index is 12.8. The molecule has 0 aliphatic carbocycles. The summed E-state index contributed by atoms with van der Waals surface area (Å²) in [7, 11) is 3.93. The van der Waals surface area contributed by atoms with Crippen LogP contribution in [0.1, 0.15) is 51.1 Å². The first-order valence-corrected chi connectivity index (χ1v) is 10.4. The highest BCUT2D eigenvalue weighted by Crippen LogP contribution is 2.26. The third-order valence-electron chi connectivity index (χ3n) is 4.26. The van der Waals surface area contributed by atoms with E-state index in [0.717, 1.165) is 23.5 Å². The largest absolute Gasteiger partial charge is 0.332 e. The molecular formula is C20H36N4O2S. The summed E-state index contributed by atoms with van der Waals surface area (Å²) in [5, 5.41) is 3.42. The number of thiazole rings is 1. The summed E-state index contributed by atoms with van der Waals surface area (Å²) in [5.41, 5.74) is 1.11. The van der Waals surface area contributed by atoms with Gasteiger partial charge in [0.05, 0.1) is 12.2 Å². The fourth-order valence-electron chi connectivity index (χ4n) is 3.02. The smallest absolute Gasteiger partial charge is 0.245 e. The number of nitrogens with zero attached hydrogens (tertiary/aromatic N) is 3. The predicted octanol–water partition coefficient (Wildman–Crippen LogP) is 3.55. The lowest BCUT2D eigenvalue weighted by Gasteiger charge is -2.27. The molecule has 0 fully saturated rings. The molecule has 0 aromatic carbocycles. The summed E-state index contributed by atoms with van der Waals surface area (Å²) < 4.78 is 0. The summed E-state index contributed by atoms with van der Waals surface area (Å²) in [5.74, 6) is 0.126. The van der Waals surface area contributed by atoms with Crippen molar-refractivity contribution in [1.82, 2.24) is 14.8 Å². The number of rotatable bonds is 9. The summed E-state index contributed by atoms with van der Waals surface area (Å²) in [6.45, 7) is 13.9. The number of likely N-dealkylation sites (N-methyl/N-ethyl adjacent to an activating group) is 1. The van der Waals surface area contributed by atoms with Gasteiger partial charge in [0.25, 0.3) is 0 Å². The SMILES string of the molecule is Cc1nc(NC(=O)CN(CCN(C)C)C(=O)CC(C)CC(C)(C)C)sc1C. The molecule has 0 bridgehead atoms. The van der Waals surface area contributed by atoms with E-state index >= 15 is 0 Å². The van der Waals surface area contributed by atoms with Crippen LogP contribution in [0.5, 0.6) is 0 Å². The third kappa shape index (κ3) is 9.33. The van der Waals surface area contributed by atoms with Crippen LogP contribution in [-0.4, -0.2) is 60.3 Å². The van der Waals surface area contributed by atoms with E-state index in [1.807, 2.05) is 32.8 Å². The van der Waals surface area contributed by atoms with E-state index < -0.39 is 0 Å². The van der Waals surface area contributed by atoms with Crippen LogP contribution in [0, 0.1) is 25.2 Å². The van der Waals surface area contributed by atoms with Crippen LogP contribution in [-0.2, 0) is 9.59 Å². The average molecular weight is 397 g/mol. The number of carbonyl (C=O) groups excluding carboxylic acids is 2. The second kappa shape index (κ2) is 10.2. The quantitative estimate of drug-likeness (QED) is 0.693. The van der Waals surface area contributed by atoms with Gasteiger partial charge in [0.15, 0.2) is 5.13 Å². The van der Waals surface area contributed by atoms with Gasteiger partial charge in [0.1, 0.15) is 0 Å². The monoisotopic (exact) mass is 396 g/mol. The van der Waals surface area contributed by atoms with Crippen LogP contribution in [0.15, 0.2) is 0 Å². The molecule has 0 saturated heterocycles. The van der Waals surface area contributed by atoms with Crippen LogP contribution >= 0.6 is 11.3 Å². The van der Waals surface area contributed by atoms with E-state index in [4.69, 9.17) is 0 Å². The zero-order valence-corrected chi connectivity index (χ0v) is 19.0. The molecule has 0 saturated carbocycles. The molecule has 27 heavy (non-hydrogen) atoms. The number of anilines is 1. The van der Waals surface area contributed by atoms with Crippen molar-refractivity contribution in [2.45, 2.75) is 54.4 Å². The lowest BCUT2D eigenvalue weighted by atomic mass is 9.84. The molecule has 154 valence electrons. The second-order valence-corrected chi connectivity index (χ2v) is 10.1. The molecule has 1 aromatic rings. The Bertz CT molecular complexity index is 615. The molecular weight excluding hydrogens is 360 g/mol. The molecule has 1 heterocycles. The Kier molecular flexibility index (Phi) is 8.88. The summed E-state index contributed by atoms with van der Waals surface area (Å²) >= 11 is 1.46. The summed E-state index contributed by atoms with van der Waals surface area (Å²) in [4.78, 5) is 34.4. The minimum Gasteiger partial charge on any atom is -0.332 e. The van der Waals surface area contributed by atoms with Crippen LogP contribution in [0.4, 0.5) is 5.13 Å². The fourth-order valence-corrected chi connectivity index (χ4v) is 3.85. The fraction of sp³-hybridized carbons (Fsp3) is 0.750. The van der Waals surface area contributed by atoms with Gasteiger partial charge in [-0.2, -0.15) is 0 Å². The van der Waals surface area contributed by atoms with Gasteiger partial charge in [-0.05, 0) is 45.7 Å². The highest BCUT2D eigenvalue weighted by Gasteiger charge is 2.23. The predicted molar refractivity (Wildman–Crippen MR) is 113 cm³/mol. The number of aryl methyl sites for hydroxylation is 2. The lowest BCUT2D eigenvalue weighted by Crippen LogP contribution is -2.42. The van der Waals surface area contributed by atoms with Crippen LogP contribution < -0.4 is 5.32 Å². The Morgan fingerprint density at radius 1 is 1.19 bits per heavy atom. The lowest BCUT2D eigenvalue weighted by molar-refractivity contribution is -0.135. The Balaban J connectivity index is 2.71. The molecule has 1 atom stereocenters. The molecule has 1 aromatic heterocycles. The molecule has 6 nitrogen and oxygen atoms in total. The van der Waals surface area contributed by atoms with Gasteiger partial charge in [-0.1, -0.05) is 27.7 Å². The number of nitrogens with one attached hydrogen (secondary N) is 1. The van der Waals surface area contributed by atoms with Crippen LogP contribution in [0.25, 0.3) is 0 Å². The molecule has 7 heteroatoms. The van der Waals surface area contributed by atoms with E-state index in [1.54, 1.807) is 4.90 Å². The second-order valence-electron chi connectivity index (χ2n) is 8.90. The molecule has 1 rings (SSSR count). The molecule has 0 radical (unpaired) electrons. The Morgan fingerprint density at radius 2 is 1.81 bits per heavy atom. The van der Waals surface area contributed by atoms with E-state index in [1.165, 1.54) is 11.3 Å². The van der Waals surface area contributed by atoms with Crippen molar-refractivity contribution in [1.29, 1.82) is 0 Å². The number of aromatic nitrogens is 1. The zero-order chi connectivity index (χ0) is 20.8. The van der Waals surface area contributed by atoms with E-state index in [-0.39, 0.29) is 29.7 Å². The van der Waals surface area contributed by atoms with Gasteiger partial charge in [0, 0.05) is 24.4 Å². The molecule has 0 aliphatic rings. The van der Waals surface area contributed by atoms with Crippen molar-refractivity contribution in [3.63, 3.8) is 0 Å². The minimum atomic E-state index is -0.195. The highest BCUT2D eigenvalue weighted by atomic mass is 32.1. The standard InChI is InChI=1S/C20H36N4O2S/c1-14(12-20(4,5)6)11-18(26)24(10-9-23(7)8)13-17(25)22-19-21-15(2)16(3)27-19/h14H,9-13H2,1-8H3,(H,21,22,25). The highest BCUT2D eigenvalue weighted by molar-refractivity contribution is 7.15. The number of carbonyl (C=O) groups is 2. The van der Waals surface area contributed by atoms with Gasteiger partial charge in [-0.3, -0.25) is 9.59 Å². The van der Waals surface area contributed by atoms with E-state index in [0.29, 0.717) is 18.1 Å². The number of hydrogen-bond acceptors (Lipinski definition) is 5. The van der Waals surface area contributed by atoms with Crippen molar-refractivity contribution in [3.05, 3.63) is 10.6 Å². The third-order valence-corrected chi connectivity index (χ3v) is 5.25. The summed E-state index contributed by atoms with van der Waals surface area (Å²) in [6, 6.07) is 0. The van der Waals surface area contributed by atoms with Crippen molar-refractivity contribution < 1.29 is 9.59 Å². The van der Waals surface area contributed by atoms with Crippen molar-refractivity contribution >= 4 is 28.3 Å². The van der Waals surface area contributed by atoms with Crippen LogP contribution in [0.3, 0.4) is 0 Å². The maximum Gasteiger partial charge on any atom is 0.245 e. The van der Waals surface area contributed by atoms with E-state index in [9.17, 15) is 9.59 Å². The first-order valence-electron chi connectivity index (χ1n) is 9.53. The van der Waals surface area contributed by atoms with E-state index in [2.05, 4.69) is 38.0 Å². The van der Waals surface area contributed by atoms with Gasteiger partial charge in [0.2, 0.25) is 11.8 Å². The van der Waals surface area contributed by atoms with Crippen molar-refractivity contribution in [2.75, 3.05) is 39.0 Å². The van der Waals surface area contributed by atoms with Gasteiger partial charge in [-0.25, -0.2) is 4.98 Å². The molecule has 2 amide bonds. The average Bonchev–Trinajstić information content (AvgIpc) is 2.78. The van der Waals surface area contributed by atoms with Crippen LogP contribution in [0.2, 0.25) is 0 Å². The minimum absolute atomic E-state index is 0.0373. The topological polar surface area (TPSA) is 65.5 Å².